The van der Waals surface area contributed by atoms with Crippen LogP contribution in [0.3, 0.4) is 0 Å². The van der Waals surface area contributed by atoms with Crippen molar-refractivity contribution in [2.75, 3.05) is 13.1 Å². The van der Waals surface area contributed by atoms with Crippen molar-refractivity contribution in [2.45, 2.75) is 25.3 Å². The summed E-state index contributed by atoms with van der Waals surface area (Å²) in [6.45, 7) is 2.37. The minimum Gasteiger partial charge on any atom is -0.358 e. The van der Waals surface area contributed by atoms with E-state index in [0.717, 1.165) is 43.6 Å². The lowest BCUT2D eigenvalue weighted by Crippen LogP contribution is -2.38. The number of hydrogen-bond acceptors (Lipinski definition) is 2. The SMILES string of the molecule is O=C(c1ccc(Cn2ccnc2)cc1)N1CCC(c2cc3ccccc3[nH]2)CC1. The Morgan fingerprint density at radius 3 is 2.59 bits per heavy atom. The van der Waals surface area contributed by atoms with Gasteiger partial charge in [-0.1, -0.05) is 30.3 Å². The fraction of sp³-hybridized carbons (Fsp3) is 0.250. The number of imidazole rings is 1. The molecule has 0 unspecified atom stereocenters. The highest BCUT2D eigenvalue weighted by molar-refractivity contribution is 5.94. The van der Waals surface area contributed by atoms with Crippen LogP contribution in [0.1, 0.15) is 40.4 Å². The van der Waals surface area contributed by atoms with E-state index in [4.69, 9.17) is 0 Å². The van der Waals surface area contributed by atoms with Crippen molar-refractivity contribution in [1.82, 2.24) is 19.4 Å². The molecule has 0 spiro atoms. The van der Waals surface area contributed by atoms with Crippen LogP contribution < -0.4 is 0 Å². The van der Waals surface area contributed by atoms with E-state index < -0.39 is 0 Å². The molecular weight excluding hydrogens is 360 g/mol. The summed E-state index contributed by atoms with van der Waals surface area (Å²) in [6, 6.07) is 18.6. The molecule has 0 atom stereocenters. The molecule has 5 nitrogen and oxygen atoms in total. The van der Waals surface area contributed by atoms with E-state index in [2.05, 4.69) is 40.3 Å². The largest absolute Gasteiger partial charge is 0.358 e. The van der Waals surface area contributed by atoms with Gasteiger partial charge in [-0.25, -0.2) is 4.98 Å². The monoisotopic (exact) mass is 384 g/mol. The molecule has 29 heavy (non-hydrogen) atoms. The highest BCUT2D eigenvalue weighted by atomic mass is 16.2. The summed E-state index contributed by atoms with van der Waals surface area (Å²) in [5.41, 5.74) is 4.42. The van der Waals surface area contributed by atoms with E-state index in [0.29, 0.717) is 5.92 Å². The van der Waals surface area contributed by atoms with Gasteiger partial charge in [0.15, 0.2) is 0 Å². The fourth-order valence-electron chi connectivity index (χ4n) is 4.24. The summed E-state index contributed by atoms with van der Waals surface area (Å²) in [4.78, 5) is 22.5. The van der Waals surface area contributed by atoms with Crippen molar-refractivity contribution < 1.29 is 4.79 Å². The molecule has 1 fully saturated rings. The molecule has 0 radical (unpaired) electrons. The van der Waals surface area contributed by atoms with Gasteiger partial charge >= 0.3 is 0 Å². The summed E-state index contributed by atoms with van der Waals surface area (Å²) in [6.07, 6.45) is 7.51. The number of hydrogen-bond donors (Lipinski definition) is 1. The van der Waals surface area contributed by atoms with E-state index >= 15 is 0 Å². The zero-order valence-corrected chi connectivity index (χ0v) is 16.3. The van der Waals surface area contributed by atoms with Crippen LogP contribution in [0.2, 0.25) is 0 Å². The first-order valence-electron chi connectivity index (χ1n) is 10.2. The highest BCUT2D eigenvalue weighted by Crippen LogP contribution is 2.30. The number of H-pyrrole nitrogens is 1. The van der Waals surface area contributed by atoms with Crippen molar-refractivity contribution >= 4 is 16.8 Å². The summed E-state index contributed by atoms with van der Waals surface area (Å²) in [5.74, 6) is 0.623. The summed E-state index contributed by atoms with van der Waals surface area (Å²) in [7, 11) is 0. The topological polar surface area (TPSA) is 53.9 Å². The van der Waals surface area contributed by atoms with Crippen LogP contribution in [0.4, 0.5) is 0 Å². The zero-order chi connectivity index (χ0) is 19.6. The molecule has 0 bridgehead atoms. The Hall–Kier alpha value is -3.34. The van der Waals surface area contributed by atoms with Crippen LogP contribution in [-0.4, -0.2) is 38.4 Å². The van der Waals surface area contributed by atoms with Crippen LogP contribution in [0.25, 0.3) is 10.9 Å². The quantitative estimate of drug-likeness (QED) is 0.566. The molecule has 5 rings (SSSR count). The van der Waals surface area contributed by atoms with Gasteiger partial charge in [0.1, 0.15) is 0 Å². The maximum atomic E-state index is 12.9. The number of nitrogens with one attached hydrogen (secondary N) is 1. The average Bonchev–Trinajstić information content (AvgIpc) is 3.43. The minimum atomic E-state index is 0.134. The lowest BCUT2D eigenvalue weighted by molar-refractivity contribution is 0.0712. The number of para-hydroxylation sites is 1. The minimum absolute atomic E-state index is 0.134. The van der Waals surface area contributed by atoms with E-state index in [1.54, 1.807) is 12.5 Å². The van der Waals surface area contributed by atoms with E-state index in [9.17, 15) is 4.79 Å². The molecule has 1 amide bonds. The molecule has 2 aromatic heterocycles. The summed E-state index contributed by atoms with van der Waals surface area (Å²) < 4.78 is 2.02. The van der Waals surface area contributed by atoms with E-state index in [1.807, 2.05) is 39.9 Å². The van der Waals surface area contributed by atoms with Gasteiger partial charge in [0.2, 0.25) is 0 Å². The third kappa shape index (κ3) is 3.68. The van der Waals surface area contributed by atoms with Gasteiger partial charge in [-0.05, 0) is 48.1 Å². The first-order chi connectivity index (χ1) is 14.3. The van der Waals surface area contributed by atoms with Gasteiger partial charge in [-0.2, -0.15) is 0 Å². The average molecular weight is 384 g/mol. The Balaban J connectivity index is 1.21. The van der Waals surface area contributed by atoms with Crippen LogP contribution in [0.5, 0.6) is 0 Å². The molecule has 5 heteroatoms. The number of nitrogens with zero attached hydrogens (tertiary/aromatic N) is 3. The number of carbonyl (C=O) groups excluding carboxylic acids is 1. The van der Waals surface area contributed by atoms with Gasteiger partial charge < -0.3 is 14.5 Å². The Bertz CT molecular complexity index is 1070. The second-order valence-corrected chi connectivity index (χ2v) is 7.81. The molecule has 4 aromatic rings. The Labute approximate surface area is 170 Å². The number of aromatic nitrogens is 3. The molecule has 1 saturated heterocycles. The number of benzene rings is 2. The molecule has 0 aliphatic carbocycles. The van der Waals surface area contributed by atoms with Crippen molar-refractivity contribution in [3.63, 3.8) is 0 Å². The molecule has 3 heterocycles. The third-order valence-corrected chi connectivity index (χ3v) is 5.90. The number of fused-ring (bicyclic) bond motifs is 1. The first kappa shape index (κ1) is 17.7. The summed E-state index contributed by atoms with van der Waals surface area (Å²) in [5, 5.41) is 1.26. The van der Waals surface area contributed by atoms with Gasteiger partial charge in [0.05, 0.1) is 6.33 Å². The Kier molecular flexibility index (Phi) is 4.64. The fourth-order valence-corrected chi connectivity index (χ4v) is 4.24. The van der Waals surface area contributed by atoms with Gasteiger partial charge in [0, 0.05) is 54.7 Å². The Morgan fingerprint density at radius 1 is 1.07 bits per heavy atom. The van der Waals surface area contributed by atoms with Crippen molar-refractivity contribution in [3.05, 3.63) is 90.1 Å². The smallest absolute Gasteiger partial charge is 0.253 e. The molecule has 0 saturated carbocycles. The van der Waals surface area contributed by atoms with Gasteiger partial charge in [-0.15, -0.1) is 0 Å². The number of aromatic amines is 1. The predicted molar refractivity (Wildman–Crippen MR) is 114 cm³/mol. The maximum Gasteiger partial charge on any atom is 0.253 e. The van der Waals surface area contributed by atoms with E-state index in [-0.39, 0.29) is 5.91 Å². The van der Waals surface area contributed by atoms with Crippen LogP contribution in [-0.2, 0) is 6.54 Å². The number of likely N-dealkylation sites (tertiary alicyclic amines) is 1. The number of piperidine rings is 1. The summed E-state index contributed by atoms with van der Waals surface area (Å²) >= 11 is 0. The lowest BCUT2D eigenvalue weighted by atomic mass is 9.93. The van der Waals surface area contributed by atoms with Crippen molar-refractivity contribution in [1.29, 1.82) is 0 Å². The van der Waals surface area contributed by atoms with Gasteiger partial charge in [-0.3, -0.25) is 4.79 Å². The first-order valence-corrected chi connectivity index (χ1v) is 10.2. The standard InChI is InChI=1S/C24H24N4O/c29-24(20-7-5-18(6-8-20)16-27-14-11-25-17-27)28-12-9-19(10-13-28)23-15-21-3-1-2-4-22(21)26-23/h1-8,11,14-15,17,19,26H,9-10,12-13,16H2. The van der Waals surface area contributed by atoms with Gasteiger partial charge in [0.25, 0.3) is 5.91 Å². The molecule has 2 aromatic carbocycles. The molecule has 1 aliphatic heterocycles. The molecule has 1 N–H and O–H groups in total. The van der Waals surface area contributed by atoms with Crippen molar-refractivity contribution in [3.8, 4) is 0 Å². The number of amides is 1. The predicted octanol–water partition coefficient (Wildman–Crippen LogP) is 4.43. The maximum absolute atomic E-state index is 12.9. The van der Waals surface area contributed by atoms with Crippen LogP contribution in [0.15, 0.2) is 73.3 Å². The van der Waals surface area contributed by atoms with Crippen molar-refractivity contribution in [2.24, 2.45) is 0 Å². The third-order valence-electron chi connectivity index (χ3n) is 5.90. The normalized spacial score (nSPS) is 15.1. The second kappa shape index (κ2) is 7.59. The molecule has 146 valence electrons. The highest BCUT2D eigenvalue weighted by Gasteiger charge is 2.25. The number of carbonyl (C=O) groups is 1. The zero-order valence-electron chi connectivity index (χ0n) is 16.3. The molecule has 1 aliphatic rings. The van der Waals surface area contributed by atoms with Crippen LogP contribution >= 0.6 is 0 Å². The Morgan fingerprint density at radius 2 is 1.86 bits per heavy atom. The molecular formula is C24H24N4O. The lowest BCUT2D eigenvalue weighted by Gasteiger charge is -2.31. The second-order valence-electron chi connectivity index (χ2n) is 7.81. The number of rotatable bonds is 4. The van der Waals surface area contributed by atoms with E-state index in [1.165, 1.54) is 16.6 Å². The van der Waals surface area contributed by atoms with Crippen LogP contribution in [0, 0.1) is 0 Å².